The Kier molecular flexibility index (Phi) is 8.47. The number of carbonyl (C=O) groups excluding carboxylic acids is 2. The molecule has 0 radical (unpaired) electrons. The Bertz CT molecular complexity index is 1550. The third kappa shape index (κ3) is 6.01. The fourth-order valence-electron chi connectivity index (χ4n) is 3.88. The van der Waals surface area contributed by atoms with E-state index in [2.05, 4.69) is 30.0 Å². The number of thioether (sulfide) groups is 2. The number of aliphatic carboxylic acids is 2. The van der Waals surface area contributed by atoms with Gasteiger partial charge in [-0.2, -0.15) is 9.36 Å². The molecule has 15 nitrogen and oxygen atoms in total. The molecule has 0 saturated carbocycles. The summed E-state index contributed by atoms with van der Waals surface area (Å²) in [6.45, 7) is 0. The summed E-state index contributed by atoms with van der Waals surface area (Å²) in [5.41, 5.74) is 7.39. The molecule has 5 N–H and O–H groups in total. The van der Waals surface area contributed by atoms with Crippen molar-refractivity contribution in [3.63, 3.8) is 0 Å². The minimum atomic E-state index is -1.55. The van der Waals surface area contributed by atoms with Crippen molar-refractivity contribution in [3.8, 4) is 0 Å². The quantitative estimate of drug-likeness (QED) is 0.100. The first-order chi connectivity index (χ1) is 19.7. The molecule has 0 aliphatic carbocycles. The largest absolute Gasteiger partial charge is 0.478 e. The van der Waals surface area contributed by atoms with Gasteiger partial charge in [-0.15, -0.1) is 22.0 Å². The van der Waals surface area contributed by atoms with E-state index in [1.807, 2.05) is 0 Å². The Balaban J connectivity index is 1.34. The van der Waals surface area contributed by atoms with Crippen LogP contribution < -0.4 is 11.1 Å². The predicted octanol–water partition coefficient (Wildman–Crippen LogP) is 1.05. The fraction of sp³-hybridized carbons (Fsp3) is 0.227. The number of amides is 2. The van der Waals surface area contributed by atoms with Crippen molar-refractivity contribution < 1.29 is 34.2 Å². The molecular formula is C22H18N8O7S4. The highest BCUT2D eigenvalue weighted by Crippen LogP contribution is 2.41. The molecule has 4 heterocycles. The van der Waals surface area contributed by atoms with Crippen molar-refractivity contribution in [1.82, 2.24) is 29.8 Å². The molecule has 3 atom stereocenters. The molecule has 0 bridgehead atoms. The van der Waals surface area contributed by atoms with E-state index in [0.717, 1.165) is 16.4 Å². The standard InChI is InChI=1S/C22H18N8O7S4/c23-21-26-15(29-41-21)11(28-37-14(20(35)36)9-4-2-1-3-5-9)16(31)25-12-17(32)30-13(19(33)34)10(6-38-18(12)30)7-39-22-27-24-8-40-22/h1-5,8,12,14,18H,6-7H2,(H,25,31)(H,33,34)(H,35,36)(H2,23,26,29)/t12?,14?,18-/m0/s1. The topological polar surface area (TPSA) is 223 Å². The first kappa shape index (κ1) is 28.5. The first-order valence-corrected chi connectivity index (χ1v) is 15.1. The Morgan fingerprint density at radius 3 is 2.68 bits per heavy atom. The van der Waals surface area contributed by atoms with Crippen molar-refractivity contribution in [1.29, 1.82) is 0 Å². The summed E-state index contributed by atoms with van der Waals surface area (Å²) in [6, 6.07) is 6.87. The highest BCUT2D eigenvalue weighted by Gasteiger charge is 2.54. The molecule has 0 spiro atoms. The molecule has 3 aromatic rings. The summed E-state index contributed by atoms with van der Waals surface area (Å²) in [5.74, 6) is -3.82. The number of hydrogen-bond acceptors (Lipinski definition) is 15. The van der Waals surface area contributed by atoms with Crippen molar-refractivity contribution in [2.75, 3.05) is 17.2 Å². The molecule has 19 heteroatoms. The number of carboxylic acids is 2. The summed E-state index contributed by atoms with van der Waals surface area (Å²) >= 11 is 4.70. The lowest BCUT2D eigenvalue weighted by Gasteiger charge is -2.49. The van der Waals surface area contributed by atoms with Gasteiger partial charge in [-0.25, -0.2) is 9.59 Å². The van der Waals surface area contributed by atoms with Gasteiger partial charge in [0.15, 0.2) is 9.47 Å². The number of anilines is 1. The van der Waals surface area contributed by atoms with E-state index in [1.165, 1.54) is 47.0 Å². The second-order valence-electron chi connectivity index (χ2n) is 8.24. The second-order valence-corrected chi connectivity index (χ2v) is 12.2. The minimum Gasteiger partial charge on any atom is -0.478 e. The van der Waals surface area contributed by atoms with Crippen molar-refractivity contribution in [2.24, 2.45) is 5.16 Å². The lowest BCUT2D eigenvalue weighted by molar-refractivity contribution is -0.151. The second kappa shape index (κ2) is 12.2. The van der Waals surface area contributed by atoms with E-state index in [-0.39, 0.29) is 22.2 Å². The molecule has 2 aliphatic rings. The van der Waals surface area contributed by atoms with Gasteiger partial charge in [-0.1, -0.05) is 58.6 Å². The number of hydrogen-bond donors (Lipinski definition) is 4. The lowest BCUT2D eigenvalue weighted by atomic mass is 10.0. The predicted molar refractivity (Wildman–Crippen MR) is 149 cm³/mol. The van der Waals surface area contributed by atoms with Gasteiger partial charge in [0.1, 0.15) is 22.6 Å². The van der Waals surface area contributed by atoms with E-state index < -0.39 is 47.0 Å². The highest BCUT2D eigenvalue weighted by atomic mass is 32.2. The van der Waals surface area contributed by atoms with Crippen LogP contribution >= 0.6 is 46.4 Å². The number of oxime groups is 1. The van der Waals surface area contributed by atoms with Gasteiger partial charge >= 0.3 is 11.9 Å². The number of nitrogens with two attached hydrogens (primary N) is 1. The van der Waals surface area contributed by atoms with E-state index in [0.29, 0.717) is 21.4 Å². The van der Waals surface area contributed by atoms with Crippen LogP contribution in [-0.4, -0.2) is 87.1 Å². The zero-order valence-corrected chi connectivity index (χ0v) is 23.7. The van der Waals surface area contributed by atoms with Gasteiger partial charge in [-0.05, 0) is 5.57 Å². The van der Waals surface area contributed by atoms with Gasteiger partial charge in [0, 0.05) is 28.6 Å². The molecule has 1 fully saturated rings. The highest BCUT2D eigenvalue weighted by molar-refractivity contribution is 8.01. The normalized spacial score (nSPS) is 19.3. The summed E-state index contributed by atoms with van der Waals surface area (Å²) in [5, 5.41) is 32.8. The number of fused-ring (bicyclic) bond motifs is 1. The van der Waals surface area contributed by atoms with Crippen LogP contribution in [0.2, 0.25) is 0 Å². The fourth-order valence-corrected chi connectivity index (χ4v) is 7.28. The smallest absolute Gasteiger partial charge is 0.352 e. The van der Waals surface area contributed by atoms with Gasteiger partial charge in [-0.3, -0.25) is 14.5 Å². The van der Waals surface area contributed by atoms with Gasteiger partial charge in [0.2, 0.25) is 17.6 Å². The molecule has 2 unspecified atom stereocenters. The molecular weight excluding hydrogens is 617 g/mol. The number of benzene rings is 1. The van der Waals surface area contributed by atoms with Gasteiger partial charge in [0.25, 0.3) is 11.8 Å². The van der Waals surface area contributed by atoms with Crippen LogP contribution in [0.1, 0.15) is 17.5 Å². The van der Waals surface area contributed by atoms with Gasteiger partial charge < -0.3 is 26.1 Å². The molecule has 2 aliphatic heterocycles. The zero-order chi connectivity index (χ0) is 29.1. The molecule has 5 rings (SSSR count). The van der Waals surface area contributed by atoms with E-state index in [4.69, 9.17) is 10.6 Å². The number of aromatic nitrogens is 4. The Morgan fingerprint density at radius 1 is 1.27 bits per heavy atom. The Morgan fingerprint density at radius 2 is 2.05 bits per heavy atom. The molecule has 1 aromatic carbocycles. The van der Waals surface area contributed by atoms with Crippen LogP contribution in [0.4, 0.5) is 5.13 Å². The average Bonchev–Trinajstić information content (AvgIpc) is 3.64. The molecule has 212 valence electrons. The van der Waals surface area contributed by atoms with Gasteiger partial charge in [0.05, 0.1) is 0 Å². The van der Waals surface area contributed by atoms with Crippen LogP contribution in [0.15, 0.2) is 56.6 Å². The van der Waals surface area contributed by atoms with Crippen molar-refractivity contribution in [3.05, 3.63) is 58.5 Å². The lowest BCUT2D eigenvalue weighted by Crippen LogP contribution is -2.71. The van der Waals surface area contributed by atoms with E-state index in [1.54, 1.807) is 23.7 Å². The molecule has 41 heavy (non-hydrogen) atoms. The summed E-state index contributed by atoms with van der Waals surface area (Å²) < 4.78 is 4.62. The number of carbonyl (C=O) groups is 4. The van der Waals surface area contributed by atoms with Crippen molar-refractivity contribution in [2.45, 2.75) is 21.9 Å². The Hall–Kier alpha value is -4.07. The molecule has 1 saturated heterocycles. The Labute approximate surface area is 247 Å². The number of nitrogens with zero attached hydrogens (tertiary/aromatic N) is 6. The number of nitrogens with one attached hydrogen (secondary N) is 1. The van der Waals surface area contributed by atoms with E-state index in [9.17, 15) is 29.4 Å². The monoisotopic (exact) mass is 634 g/mol. The van der Waals surface area contributed by atoms with Crippen LogP contribution in [0.25, 0.3) is 0 Å². The van der Waals surface area contributed by atoms with Crippen LogP contribution in [0, 0.1) is 0 Å². The number of rotatable bonds is 11. The first-order valence-electron chi connectivity index (χ1n) is 11.5. The number of β-lactam (4-membered cyclic amide) rings is 1. The average molecular weight is 635 g/mol. The van der Waals surface area contributed by atoms with Crippen LogP contribution in [0.5, 0.6) is 0 Å². The minimum absolute atomic E-state index is 0.0160. The van der Waals surface area contributed by atoms with Crippen molar-refractivity contribution >= 4 is 81.0 Å². The maximum atomic E-state index is 13.3. The third-order valence-electron chi connectivity index (χ3n) is 5.69. The number of nitrogen functional groups attached to an aromatic ring is 1. The van der Waals surface area contributed by atoms with E-state index >= 15 is 0 Å². The third-order valence-corrected chi connectivity index (χ3v) is 9.52. The summed E-state index contributed by atoms with van der Waals surface area (Å²) in [6.07, 6.45) is -1.55. The summed E-state index contributed by atoms with van der Waals surface area (Å²) in [7, 11) is 0. The SMILES string of the molecule is Nc1nc(C(=NOC(C(=O)O)c2ccccc2)C(=O)NC2C(=O)N3C(C(=O)O)=C(CSc4nncs4)CS[C@@H]23)ns1. The van der Waals surface area contributed by atoms with Crippen LogP contribution in [-0.2, 0) is 24.0 Å². The number of carboxylic acid groups (broad SMARTS) is 2. The molecule has 2 aromatic heterocycles. The molecule has 2 amide bonds. The maximum Gasteiger partial charge on any atom is 0.352 e. The van der Waals surface area contributed by atoms with Crippen LogP contribution in [0.3, 0.4) is 0 Å². The zero-order valence-electron chi connectivity index (χ0n) is 20.4. The summed E-state index contributed by atoms with van der Waals surface area (Å²) in [4.78, 5) is 60.7. The maximum absolute atomic E-state index is 13.3.